The van der Waals surface area contributed by atoms with Crippen molar-refractivity contribution in [1.82, 2.24) is 15.1 Å². The second-order valence-electron chi connectivity index (χ2n) is 5.66. The van der Waals surface area contributed by atoms with Gasteiger partial charge < -0.3 is 5.32 Å². The van der Waals surface area contributed by atoms with Crippen LogP contribution < -0.4 is 5.32 Å². The van der Waals surface area contributed by atoms with Gasteiger partial charge in [0.2, 0.25) is 0 Å². The molecule has 1 aromatic heterocycles. The van der Waals surface area contributed by atoms with E-state index in [4.69, 9.17) is 0 Å². The molecular weight excluding hydrogens is 258 g/mol. The summed E-state index contributed by atoms with van der Waals surface area (Å²) >= 11 is 0. The quantitative estimate of drug-likeness (QED) is 0.856. The second kappa shape index (κ2) is 6.90. The molecule has 3 nitrogen and oxygen atoms in total. The zero-order chi connectivity index (χ0) is 15.4. The summed E-state index contributed by atoms with van der Waals surface area (Å²) in [5.74, 6) is 0. The predicted molar refractivity (Wildman–Crippen MR) is 88.4 cm³/mol. The van der Waals surface area contributed by atoms with E-state index < -0.39 is 0 Å². The van der Waals surface area contributed by atoms with Gasteiger partial charge in [-0.1, -0.05) is 37.3 Å². The molecule has 1 N–H and O–H groups in total. The maximum atomic E-state index is 4.63. The number of hydrogen-bond donors (Lipinski definition) is 1. The van der Waals surface area contributed by atoms with E-state index >= 15 is 0 Å². The van der Waals surface area contributed by atoms with Crippen molar-refractivity contribution in [2.75, 3.05) is 0 Å². The van der Waals surface area contributed by atoms with Gasteiger partial charge in [0.25, 0.3) is 0 Å². The molecule has 2 aromatic rings. The van der Waals surface area contributed by atoms with E-state index in [-0.39, 0.29) is 0 Å². The van der Waals surface area contributed by atoms with Crippen molar-refractivity contribution in [2.24, 2.45) is 0 Å². The first-order valence-corrected chi connectivity index (χ1v) is 7.93. The number of nitrogens with zero attached hydrogens (tertiary/aromatic N) is 2. The second-order valence-corrected chi connectivity index (χ2v) is 5.66. The Balaban J connectivity index is 2.20. The van der Waals surface area contributed by atoms with Crippen LogP contribution in [0, 0.1) is 13.8 Å². The van der Waals surface area contributed by atoms with E-state index in [1.807, 2.05) is 0 Å². The Bertz CT molecular complexity index is 572. The number of hydrogen-bond acceptors (Lipinski definition) is 2. The summed E-state index contributed by atoms with van der Waals surface area (Å²) in [6.07, 6.45) is 1.08. The monoisotopic (exact) mass is 285 g/mol. The Kier molecular flexibility index (Phi) is 5.18. The SMILES string of the molecule is CCC(NC(C)c1c(C)nn(CC)c1C)c1ccccc1. The molecule has 1 aromatic carbocycles. The zero-order valence-corrected chi connectivity index (χ0v) is 13.9. The topological polar surface area (TPSA) is 29.9 Å². The van der Waals surface area contributed by atoms with Crippen LogP contribution in [0.25, 0.3) is 0 Å². The average molecular weight is 285 g/mol. The van der Waals surface area contributed by atoms with Crippen molar-refractivity contribution in [1.29, 1.82) is 0 Å². The van der Waals surface area contributed by atoms with Gasteiger partial charge in [0.15, 0.2) is 0 Å². The van der Waals surface area contributed by atoms with Crippen molar-refractivity contribution in [3.8, 4) is 0 Å². The van der Waals surface area contributed by atoms with Gasteiger partial charge in [-0.25, -0.2) is 0 Å². The Morgan fingerprint density at radius 1 is 1.14 bits per heavy atom. The number of benzene rings is 1. The third kappa shape index (κ3) is 3.35. The summed E-state index contributed by atoms with van der Waals surface area (Å²) in [4.78, 5) is 0. The molecule has 0 aliphatic rings. The molecule has 0 saturated heterocycles. The van der Waals surface area contributed by atoms with Gasteiger partial charge >= 0.3 is 0 Å². The first-order chi connectivity index (χ1) is 10.1. The van der Waals surface area contributed by atoms with Crippen molar-refractivity contribution in [3.63, 3.8) is 0 Å². The first kappa shape index (κ1) is 15.8. The number of nitrogens with one attached hydrogen (secondary N) is 1. The van der Waals surface area contributed by atoms with Gasteiger partial charge in [0.1, 0.15) is 0 Å². The highest BCUT2D eigenvalue weighted by atomic mass is 15.3. The Morgan fingerprint density at radius 3 is 2.33 bits per heavy atom. The van der Waals surface area contributed by atoms with Gasteiger partial charge in [0.05, 0.1) is 5.69 Å². The van der Waals surface area contributed by atoms with Crippen molar-refractivity contribution in [2.45, 2.75) is 59.7 Å². The highest BCUT2D eigenvalue weighted by molar-refractivity contribution is 5.28. The van der Waals surface area contributed by atoms with Crippen LogP contribution in [0.4, 0.5) is 0 Å². The van der Waals surface area contributed by atoms with Gasteiger partial charge in [-0.15, -0.1) is 0 Å². The van der Waals surface area contributed by atoms with E-state index in [1.165, 1.54) is 16.8 Å². The molecule has 114 valence electrons. The minimum Gasteiger partial charge on any atom is -0.303 e. The third-order valence-electron chi connectivity index (χ3n) is 4.23. The lowest BCUT2D eigenvalue weighted by atomic mass is 10.0. The van der Waals surface area contributed by atoms with Crippen LogP contribution in [0.15, 0.2) is 30.3 Å². The van der Waals surface area contributed by atoms with Crippen LogP contribution in [0.3, 0.4) is 0 Å². The fourth-order valence-electron chi connectivity index (χ4n) is 3.17. The van der Waals surface area contributed by atoms with E-state index in [0.29, 0.717) is 12.1 Å². The predicted octanol–water partition coefficient (Wildman–Crippen LogP) is 4.32. The Hall–Kier alpha value is -1.61. The molecule has 0 fully saturated rings. The maximum absolute atomic E-state index is 4.63. The lowest BCUT2D eigenvalue weighted by molar-refractivity contribution is 0.453. The largest absolute Gasteiger partial charge is 0.303 e. The lowest BCUT2D eigenvalue weighted by Crippen LogP contribution is -2.25. The molecule has 0 bridgehead atoms. The summed E-state index contributed by atoms with van der Waals surface area (Å²) in [5, 5.41) is 8.40. The smallest absolute Gasteiger partial charge is 0.0644 e. The molecule has 2 unspecified atom stereocenters. The number of rotatable bonds is 6. The lowest BCUT2D eigenvalue weighted by Gasteiger charge is -2.23. The summed E-state index contributed by atoms with van der Waals surface area (Å²) in [5.41, 5.74) is 5.10. The Labute approximate surface area is 128 Å². The molecule has 1 heterocycles. The molecule has 0 aliphatic heterocycles. The first-order valence-electron chi connectivity index (χ1n) is 7.93. The van der Waals surface area contributed by atoms with Gasteiger partial charge in [-0.05, 0) is 39.7 Å². The fraction of sp³-hybridized carbons (Fsp3) is 0.500. The summed E-state index contributed by atoms with van der Waals surface area (Å²) in [7, 11) is 0. The van der Waals surface area contributed by atoms with Crippen LogP contribution in [-0.2, 0) is 6.54 Å². The van der Waals surface area contributed by atoms with E-state index in [9.17, 15) is 0 Å². The van der Waals surface area contributed by atoms with E-state index in [1.54, 1.807) is 0 Å². The van der Waals surface area contributed by atoms with Crippen molar-refractivity contribution in [3.05, 3.63) is 52.8 Å². The van der Waals surface area contributed by atoms with Crippen molar-refractivity contribution >= 4 is 0 Å². The zero-order valence-electron chi connectivity index (χ0n) is 13.9. The maximum Gasteiger partial charge on any atom is 0.0644 e. The normalized spacial score (nSPS) is 14.1. The van der Waals surface area contributed by atoms with Crippen LogP contribution in [0.1, 0.15) is 61.8 Å². The molecule has 0 spiro atoms. The van der Waals surface area contributed by atoms with Crippen LogP contribution >= 0.6 is 0 Å². The van der Waals surface area contributed by atoms with E-state index in [2.05, 4.69) is 80.0 Å². The minimum absolute atomic E-state index is 0.301. The fourth-order valence-corrected chi connectivity index (χ4v) is 3.17. The molecule has 0 radical (unpaired) electrons. The highest BCUT2D eigenvalue weighted by Crippen LogP contribution is 2.26. The standard InChI is InChI=1S/C18H27N3/c1-6-17(16-11-9-8-10-12-16)19-13(3)18-14(4)20-21(7-2)15(18)5/h8-13,17,19H,6-7H2,1-5H3. The molecule has 0 aliphatic carbocycles. The van der Waals surface area contributed by atoms with Gasteiger partial charge in [0, 0.05) is 29.9 Å². The summed E-state index contributed by atoms with van der Waals surface area (Å²) < 4.78 is 2.09. The van der Waals surface area contributed by atoms with Crippen molar-refractivity contribution < 1.29 is 0 Å². The van der Waals surface area contributed by atoms with Gasteiger partial charge in [-0.2, -0.15) is 5.10 Å². The average Bonchev–Trinajstić information content (AvgIpc) is 2.79. The van der Waals surface area contributed by atoms with E-state index in [0.717, 1.165) is 18.7 Å². The summed E-state index contributed by atoms with van der Waals surface area (Å²) in [6, 6.07) is 11.4. The molecular formula is C18H27N3. The number of aromatic nitrogens is 2. The molecule has 2 rings (SSSR count). The molecule has 0 saturated carbocycles. The minimum atomic E-state index is 0.301. The number of aryl methyl sites for hydroxylation is 2. The van der Waals surface area contributed by atoms with Crippen LogP contribution in [0.2, 0.25) is 0 Å². The Morgan fingerprint density at radius 2 is 1.81 bits per heavy atom. The molecule has 3 heteroatoms. The molecule has 2 atom stereocenters. The summed E-state index contributed by atoms with van der Waals surface area (Å²) in [6.45, 7) is 11.8. The van der Waals surface area contributed by atoms with Crippen LogP contribution in [0.5, 0.6) is 0 Å². The molecule has 0 amide bonds. The highest BCUT2D eigenvalue weighted by Gasteiger charge is 2.20. The van der Waals surface area contributed by atoms with Gasteiger partial charge in [-0.3, -0.25) is 4.68 Å². The van der Waals surface area contributed by atoms with Crippen LogP contribution in [-0.4, -0.2) is 9.78 Å². The molecule has 21 heavy (non-hydrogen) atoms. The third-order valence-corrected chi connectivity index (χ3v) is 4.23.